The maximum Gasteiger partial charge on any atom is 0.317 e. The number of hydrogen-bond acceptors (Lipinski definition) is 2. The van der Waals surface area contributed by atoms with Crippen LogP contribution >= 0.6 is 38.9 Å². The van der Waals surface area contributed by atoms with Crippen LogP contribution in [0.5, 0.6) is 0 Å². The molecule has 0 spiro atoms. The Balaban J connectivity index is 1.92. The third-order valence-corrected chi connectivity index (χ3v) is 4.94. The van der Waals surface area contributed by atoms with Gasteiger partial charge in [0.2, 0.25) is 0 Å². The van der Waals surface area contributed by atoms with Crippen LogP contribution in [0, 0.1) is 0 Å². The van der Waals surface area contributed by atoms with Crippen molar-refractivity contribution in [1.29, 1.82) is 0 Å². The van der Waals surface area contributed by atoms with Crippen molar-refractivity contribution in [2.24, 2.45) is 0 Å². The molecular weight excluding hydrogens is 372 g/mol. The largest absolute Gasteiger partial charge is 0.331 e. The van der Waals surface area contributed by atoms with Gasteiger partial charge in [-0.25, -0.2) is 4.79 Å². The van der Waals surface area contributed by atoms with Crippen molar-refractivity contribution in [3.8, 4) is 0 Å². The minimum absolute atomic E-state index is 0.0627. The highest BCUT2D eigenvalue weighted by molar-refractivity contribution is 9.11. The van der Waals surface area contributed by atoms with E-state index in [1.54, 1.807) is 23.3 Å². The predicted octanol–water partition coefficient (Wildman–Crippen LogP) is 5.07. The van der Waals surface area contributed by atoms with Gasteiger partial charge in [0.15, 0.2) is 0 Å². The molecule has 6 heteroatoms. The van der Waals surface area contributed by atoms with Crippen LogP contribution in [0.25, 0.3) is 0 Å². The van der Waals surface area contributed by atoms with E-state index in [9.17, 15) is 4.79 Å². The number of halogens is 2. The molecule has 1 N–H and O–H groups in total. The van der Waals surface area contributed by atoms with Gasteiger partial charge in [-0.2, -0.15) is 0 Å². The SMILES string of the molecule is CC(NC(=O)N(C)Cc1ccc(Br)s1)c1ccc(Cl)cc1. The minimum atomic E-state index is -0.0954. The second kappa shape index (κ2) is 7.29. The summed E-state index contributed by atoms with van der Waals surface area (Å²) in [6, 6.07) is 11.3. The van der Waals surface area contributed by atoms with Crippen molar-refractivity contribution in [3.63, 3.8) is 0 Å². The van der Waals surface area contributed by atoms with Crippen LogP contribution in [0.4, 0.5) is 4.79 Å². The van der Waals surface area contributed by atoms with Crippen molar-refractivity contribution < 1.29 is 4.79 Å². The summed E-state index contributed by atoms with van der Waals surface area (Å²) >= 11 is 10.9. The van der Waals surface area contributed by atoms with Crippen molar-refractivity contribution in [1.82, 2.24) is 10.2 Å². The van der Waals surface area contributed by atoms with Gasteiger partial charge in [0.25, 0.3) is 0 Å². The molecule has 0 saturated heterocycles. The van der Waals surface area contributed by atoms with Gasteiger partial charge in [-0.05, 0) is 52.7 Å². The zero-order valence-corrected chi connectivity index (χ0v) is 14.9. The van der Waals surface area contributed by atoms with Crippen LogP contribution in [-0.2, 0) is 6.54 Å². The molecule has 0 bridgehead atoms. The Kier molecular flexibility index (Phi) is 5.67. The summed E-state index contributed by atoms with van der Waals surface area (Å²) in [5, 5.41) is 3.67. The maximum absolute atomic E-state index is 12.2. The highest BCUT2D eigenvalue weighted by Crippen LogP contribution is 2.23. The number of carbonyl (C=O) groups excluding carboxylic acids is 1. The number of urea groups is 1. The van der Waals surface area contributed by atoms with E-state index in [1.807, 2.05) is 43.3 Å². The van der Waals surface area contributed by atoms with E-state index in [1.165, 1.54) is 0 Å². The molecule has 0 aliphatic heterocycles. The number of rotatable bonds is 4. The summed E-state index contributed by atoms with van der Waals surface area (Å²) in [5.74, 6) is 0. The van der Waals surface area contributed by atoms with Crippen LogP contribution < -0.4 is 5.32 Å². The second-order valence-corrected chi connectivity index (χ2v) is 7.77. The molecule has 2 amide bonds. The molecule has 0 fully saturated rings. The summed E-state index contributed by atoms with van der Waals surface area (Å²) < 4.78 is 1.07. The quantitative estimate of drug-likeness (QED) is 0.780. The molecule has 1 unspecified atom stereocenters. The van der Waals surface area contributed by atoms with Crippen LogP contribution in [-0.4, -0.2) is 18.0 Å². The lowest BCUT2D eigenvalue weighted by atomic mass is 10.1. The first-order valence-corrected chi connectivity index (χ1v) is 8.46. The van der Waals surface area contributed by atoms with Crippen molar-refractivity contribution in [3.05, 3.63) is 55.6 Å². The molecule has 112 valence electrons. The number of hydrogen-bond donors (Lipinski definition) is 1. The number of thiophene rings is 1. The van der Waals surface area contributed by atoms with Crippen molar-refractivity contribution >= 4 is 44.9 Å². The fourth-order valence-corrected chi connectivity index (χ4v) is 3.54. The summed E-state index contributed by atoms with van der Waals surface area (Å²) in [6.45, 7) is 2.55. The molecule has 0 saturated carbocycles. The Morgan fingerprint density at radius 2 is 2.00 bits per heavy atom. The fourth-order valence-electron chi connectivity index (χ4n) is 1.87. The van der Waals surface area contributed by atoms with Gasteiger partial charge in [-0.3, -0.25) is 0 Å². The van der Waals surface area contributed by atoms with Crippen LogP contribution in [0.2, 0.25) is 5.02 Å². The van der Waals surface area contributed by atoms with E-state index in [-0.39, 0.29) is 12.1 Å². The Bertz CT molecular complexity index is 614. The summed E-state index contributed by atoms with van der Waals surface area (Å²) in [5.41, 5.74) is 1.03. The van der Waals surface area contributed by atoms with Gasteiger partial charge in [0, 0.05) is 16.9 Å². The van der Waals surface area contributed by atoms with Gasteiger partial charge < -0.3 is 10.2 Å². The lowest BCUT2D eigenvalue weighted by Gasteiger charge is -2.21. The fraction of sp³-hybridized carbons (Fsp3) is 0.267. The minimum Gasteiger partial charge on any atom is -0.331 e. The molecule has 0 aliphatic carbocycles. The van der Waals surface area contributed by atoms with Crippen molar-refractivity contribution in [2.45, 2.75) is 19.5 Å². The van der Waals surface area contributed by atoms with Crippen LogP contribution in [0.15, 0.2) is 40.2 Å². The van der Waals surface area contributed by atoms with Gasteiger partial charge in [0.1, 0.15) is 0 Å². The highest BCUT2D eigenvalue weighted by atomic mass is 79.9. The molecule has 2 rings (SSSR count). The predicted molar refractivity (Wildman–Crippen MR) is 91.9 cm³/mol. The third-order valence-electron chi connectivity index (χ3n) is 3.08. The zero-order chi connectivity index (χ0) is 15.4. The molecule has 1 heterocycles. The maximum atomic E-state index is 12.2. The summed E-state index contributed by atoms with van der Waals surface area (Å²) in [7, 11) is 1.79. The molecule has 3 nitrogen and oxygen atoms in total. The Hall–Kier alpha value is -1.04. The molecule has 1 aromatic heterocycles. The number of nitrogens with one attached hydrogen (secondary N) is 1. The number of amides is 2. The number of carbonyl (C=O) groups is 1. The Morgan fingerprint density at radius 1 is 1.33 bits per heavy atom. The van der Waals surface area contributed by atoms with E-state index >= 15 is 0 Å². The van der Waals surface area contributed by atoms with E-state index in [2.05, 4.69) is 21.2 Å². The van der Waals surface area contributed by atoms with E-state index in [4.69, 9.17) is 11.6 Å². The third kappa shape index (κ3) is 4.73. The topological polar surface area (TPSA) is 32.3 Å². The molecule has 0 radical (unpaired) electrons. The zero-order valence-electron chi connectivity index (χ0n) is 11.8. The molecule has 0 aliphatic rings. The van der Waals surface area contributed by atoms with Crippen LogP contribution in [0.3, 0.4) is 0 Å². The molecular formula is C15H16BrClN2OS. The first kappa shape index (κ1) is 16.3. The summed E-state index contributed by atoms with van der Waals surface area (Å²) in [6.07, 6.45) is 0. The first-order valence-electron chi connectivity index (χ1n) is 6.47. The van der Waals surface area contributed by atoms with E-state index in [0.717, 1.165) is 14.2 Å². The standard InChI is InChI=1S/C15H16BrClN2OS/c1-10(11-3-5-12(17)6-4-11)18-15(20)19(2)9-13-7-8-14(16)21-13/h3-8,10H,9H2,1-2H3,(H,18,20). The number of nitrogens with zero attached hydrogens (tertiary/aromatic N) is 1. The Morgan fingerprint density at radius 3 is 2.57 bits per heavy atom. The van der Waals surface area contributed by atoms with Gasteiger partial charge in [0.05, 0.1) is 16.4 Å². The normalized spacial score (nSPS) is 12.0. The Labute approximate surface area is 142 Å². The average molecular weight is 388 g/mol. The van der Waals surface area contributed by atoms with Crippen LogP contribution in [0.1, 0.15) is 23.4 Å². The van der Waals surface area contributed by atoms with Gasteiger partial charge in [-0.15, -0.1) is 11.3 Å². The molecule has 2 aromatic rings. The van der Waals surface area contributed by atoms with Crippen molar-refractivity contribution in [2.75, 3.05) is 7.05 Å². The molecule has 1 atom stereocenters. The lowest BCUT2D eigenvalue weighted by Crippen LogP contribution is -2.38. The monoisotopic (exact) mass is 386 g/mol. The van der Waals surface area contributed by atoms with E-state index < -0.39 is 0 Å². The number of benzene rings is 1. The van der Waals surface area contributed by atoms with Gasteiger partial charge >= 0.3 is 6.03 Å². The van der Waals surface area contributed by atoms with E-state index in [0.29, 0.717) is 11.6 Å². The lowest BCUT2D eigenvalue weighted by molar-refractivity contribution is 0.204. The smallest absolute Gasteiger partial charge is 0.317 e. The highest BCUT2D eigenvalue weighted by Gasteiger charge is 2.14. The molecule has 1 aromatic carbocycles. The molecule has 21 heavy (non-hydrogen) atoms. The first-order chi connectivity index (χ1) is 9.95. The summed E-state index contributed by atoms with van der Waals surface area (Å²) in [4.78, 5) is 15.0. The van der Waals surface area contributed by atoms with Gasteiger partial charge in [-0.1, -0.05) is 23.7 Å². The second-order valence-electron chi connectivity index (χ2n) is 4.78. The average Bonchev–Trinajstić information content (AvgIpc) is 2.84.